The molecule has 2 N–H and O–H groups in total. The number of hydrogen-bond donors (Lipinski definition) is 1. The third-order valence-electron chi connectivity index (χ3n) is 3.92. The van der Waals surface area contributed by atoms with Gasteiger partial charge in [-0.2, -0.15) is 0 Å². The quantitative estimate of drug-likeness (QED) is 0.833. The average molecular weight is 229 g/mol. The van der Waals surface area contributed by atoms with Crippen molar-refractivity contribution in [3.63, 3.8) is 0 Å². The van der Waals surface area contributed by atoms with E-state index in [0.717, 1.165) is 10.9 Å². The lowest BCUT2D eigenvalue weighted by Crippen LogP contribution is -2.27. The Morgan fingerprint density at radius 3 is 2.41 bits per heavy atom. The zero-order valence-electron chi connectivity index (χ0n) is 9.70. The zero-order chi connectivity index (χ0) is 11.8. The molecule has 1 nitrogen and oxygen atoms in total. The van der Waals surface area contributed by atoms with Gasteiger partial charge in [-0.3, -0.25) is 0 Å². The minimum atomic E-state index is -0.162. The number of hydrogen-bond acceptors (Lipinski definition) is 1. The predicted molar refractivity (Wildman–Crippen MR) is 68.2 cm³/mol. The highest BCUT2D eigenvalue weighted by Crippen LogP contribution is 2.38. The first-order valence-electron chi connectivity index (χ1n) is 6.20. The second kappa shape index (κ2) is 4.11. The lowest BCUT2D eigenvalue weighted by molar-refractivity contribution is 0.265. The summed E-state index contributed by atoms with van der Waals surface area (Å²) in [5, 5.41) is 1.65. The summed E-state index contributed by atoms with van der Waals surface area (Å²) in [6, 6.07) is 11.0. The SMILES string of the molecule is NC(c1ccc(F)c2ccccc12)C1CCC1. The van der Waals surface area contributed by atoms with Crippen LogP contribution in [0.4, 0.5) is 4.39 Å². The van der Waals surface area contributed by atoms with Crippen molar-refractivity contribution in [2.45, 2.75) is 25.3 Å². The van der Waals surface area contributed by atoms with Crippen LogP contribution in [0.3, 0.4) is 0 Å². The van der Waals surface area contributed by atoms with Crippen LogP contribution in [0.2, 0.25) is 0 Å². The van der Waals surface area contributed by atoms with E-state index >= 15 is 0 Å². The van der Waals surface area contributed by atoms with Crippen molar-refractivity contribution in [2.75, 3.05) is 0 Å². The van der Waals surface area contributed by atoms with Crippen molar-refractivity contribution in [3.8, 4) is 0 Å². The molecule has 17 heavy (non-hydrogen) atoms. The molecular formula is C15H16FN. The van der Waals surface area contributed by atoms with Gasteiger partial charge >= 0.3 is 0 Å². The second-order valence-electron chi connectivity index (χ2n) is 4.90. The third-order valence-corrected chi connectivity index (χ3v) is 3.92. The molecule has 0 spiro atoms. The first-order chi connectivity index (χ1) is 8.27. The van der Waals surface area contributed by atoms with Gasteiger partial charge in [0.15, 0.2) is 0 Å². The fraction of sp³-hybridized carbons (Fsp3) is 0.333. The van der Waals surface area contributed by atoms with Gasteiger partial charge in [-0.1, -0.05) is 36.8 Å². The van der Waals surface area contributed by atoms with Gasteiger partial charge in [-0.05, 0) is 35.8 Å². The fourth-order valence-electron chi connectivity index (χ4n) is 2.63. The molecule has 2 aromatic carbocycles. The molecule has 1 aliphatic rings. The molecule has 1 unspecified atom stereocenters. The molecule has 0 saturated heterocycles. The van der Waals surface area contributed by atoms with E-state index in [2.05, 4.69) is 0 Å². The Balaban J connectivity index is 2.12. The first-order valence-corrected chi connectivity index (χ1v) is 6.20. The molecule has 0 bridgehead atoms. The highest BCUT2D eigenvalue weighted by atomic mass is 19.1. The van der Waals surface area contributed by atoms with Crippen LogP contribution >= 0.6 is 0 Å². The highest BCUT2D eigenvalue weighted by Gasteiger charge is 2.26. The van der Waals surface area contributed by atoms with Gasteiger partial charge < -0.3 is 5.73 Å². The smallest absolute Gasteiger partial charge is 0.131 e. The van der Waals surface area contributed by atoms with Crippen LogP contribution in [0.25, 0.3) is 10.8 Å². The average Bonchev–Trinajstić information content (AvgIpc) is 2.27. The maximum absolute atomic E-state index is 13.7. The van der Waals surface area contributed by atoms with Crippen LogP contribution in [0.5, 0.6) is 0 Å². The highest BCUT2D eigenvalue weighted by molar-refractivity contribution is 5.86. The Morgan fingerprint density at radius 2 is 1.76 bits per heavy atom. The molecule has 2 aromatic rings. The van der Waals surface area contributed by atoms with E-state index in [1.165, 1.54) is 25.3 Å². The molecular weight excluding hydrogens is 213 g/mol. The van der Waals surface area contributed by atoms with Crippen molar-refractivity contribution in [3.05, 3.63) is 47.8 Å². The summed E-state index contributed by atoms with van der Waals surface area (Å²) in [6.07, 6.45) is 3.68. The number of fused-ring (bicyclic) bond motifs is 1. The molecule has 1 aliphatic carbocycles. The summed E-state index contributed by atoms with van der Waals surface area (Å²) in [6.45, 7) is 0. The number of nitrogens with two attached hydrogens (primary N) is 1. The van der Waals surface area contributed by atoms with Gasteiger partial charge in [0.2, 0.25) is 0 Å². The molecule has 88 valence electrons. The Bertz CT molecular complexity index is 546. The lowest BCUT2D eigenvalue weighted by Gasteiger charge is -2.32. The standard InChI is InChI=1S/C15H16FN/c16-14-9-8-13(15(17)10-4-3-5-10)11-6-1-2-7-12(11)14/h1-2,6-10,15H,3-5,17H2. The van der Waals surface area contributed by atoms with E-state index in [0.29, 0.717) is 11.3 Å². The first kappa shape index (κ1) is 10.7. The van der Waals surface area contributed by atoms with Gasteiger partial charge in [0.25, 0.3) is 0 Å². The Labute approximate surface area is 100 Å². The Kier molecular flexibility index (Phi) is 2.60. The summed E-state index contributed by atoms with van der Waals surface area (Å²) < 4.78 is 13.7. The molecule has 1 atom stereocenters. The zero-order valence-corrected chi connectivity index (χ0v) is 9.70. The van der Waals surface area contributed by atoms with Crippen molar-refractivity contribution < 1.29 is 4.39 Å². The van der Waals surface area contributed by atoms with E-state index in [-0.39, 0.29) is 11.9 Å². The Morgan fingerprint density at radius 1 is 1.06 bits per heavy atom. The summed E-state index contributed by atoms with van der Waals surface area (Å²) in [7, 11) is 0. The minimum Gasteiger partial charge on any atom is -0.324 e. The maximum atomic E-state index is 13.7. The third kappa shape index (κ3) is 1.73. The fourth-order valence-corrected chi connectivity index (χ4v) is 2.63. The normalized spacial score (nSPS) is 18.0. The van der Waals surface area contributed by atoms with Crippen LogP contribution in [0.15, 0.2) is 36.4 Å². The number of rotatable bonds is 2. The predicted octanol–water partition coefficient (Wildman–Crippen LogP) is 3.78. The van der Waals surface area contributed by atoms with E-state index in [9.17, 15) is 4.39 Å². The molecule has 0 aliphatic heterocycles. The summed E-state index contributed by atoms with van der Waals surface area (Å²) in [5.74, 6) is 0.411. The van der Waals surface area contributed by atoms with Crippen LogP contribution in [0.1, 0.15) is 30.9 Å². The van der Waals surface area contributed by atoms with E-state index in [4.69, 9.17) is 5.73 Å². The lowest BCUT2D eigenvalue weighted by atomic mass is 9.77. The van der Waals surface area contributed by atoms with Gasteiger partial charge in [-0.15, -0.1) is 0 Å². The van der Waals surface area contributed by atoms with E-state index in [1.54, 1.807) is 0 Å². The topological polar surface area (TPSA) is 26.0 Å². The monoisotopic (exact) mass is 229 g/mol. The molecule has 1 fully saturated rings. The van der Waals surface area contributed by atoms with Crippen molar-refractivity contribution in [2.24, 2.45) is 11.7 Å². The molecule has 0 radical (unpaired) electrons. The van der Waals surface area contributed by atoms with Crippen molar-refractivity contribution in [1.29, 1.82) is 0 Å². The molecule has 0 aromatic heterocycles. The van der Waals surface area contributed by atoms with Crippen LogP contribution in [-0.4, -0.2) is 0 Å². The summed E-state index contributed by atoms with van der Waals surface area (Å²) >= 11 is 0. The van der Waals surface area contributed by atoms with Crippen molar-refractivity contribution in [1.82, 2.24) is 0 Å². The molecule has 2 heteroatoms. The molecule has 3 rings (SSSR count). The second-order valence-corrected chi connectivity index (χ2v) is 4.90. The van der Waals surface area contributed by atoms with Crippen molar-refractivity contribution >= 4 is 10.8 Å². The molecule has 0 amide bonds. The number of benzene rings is 2. The summed E-state index contributed by atoms with van der Waals surface area (Å²) in [4.78, 5) is 0. The van der Waals surface area contributed by atoms with E-state index < -0.39 is 0 Å². The maximum Gasteiger partial charge on any atom is 0.131 e. The Hall–Kier alpha value is -1.41. The van der Waals surface area contributed by atoms with Gasteiger partial charge in [0.1, 0.15) is 5.82 Å². The van der Waals surface area contributed by atoms with Crippen LogP contribution in [0, 0.1) is 11.7 Å². The van der Waals surface area contributed by atoms with Crippen LogP contribution < -0.4 is 5.73 Å². The largest absolute Gasteiger partial charge is 0.324 e. The van der Waals surface area contributed by atoms with E-state index in [1.807, 2.05) is 30.3 Å². The van der Waals surface area contributed by atoms with Gasteiger partial charge in [0.05, 0.1) is 0 Å². The molecule has 1 saturated carbocycles. The number of halogens is 1. The van der Waals surface area contributed by atoms with Gasteiger partial charge in [0, 0.05) is 11.4 Å². The molecule has 0 heterocycles. The minimum absolute atomic E-state index is 0.0502. The summed E-state index contributed by atoms with van der Waals surface area (Å²) in [5.41, 5.74) is 7.38. The van der Waals surface area contributed by atoms with Gasteiger partial charge in [-0.25, -0.2) is 4.39 Å². The van der Waals surface area contributed by atoms with Crippen LogP contribution in [-0.2, 0) is 0 Å².